The van der Waals surface area contributed by atoms with Crippen molar-refractivity contribution < 1.29 is 14.3 Å². The Morgan fingerprint density at radius 1 is 1.00 bits per heavy atom. The van der Waals surface area contributed by atoms with Crippen molar-refractivity contribution in [3.05, 3.63) is 71.8 Å². The minimum absolute atomic E-state index is 0.0789. The summed E-state index contributed by atoms with van der Waals surface area (Å²) in [4.78, 5) is 15.9. The summed E-state index contributed by atoms with van der Waals surface area (Å²) in [6.45, 7) is 2.01. The Bertz CT molecular complexity index is 940. The third-order valence-electron chi connectivity index (χ3n) is 4.38. The topological polar surface area (TPSA) is 74.4 Å². The minimum atomic E-state index is -0.465. The number of aromatic nitrogens is 1. The molecule has 5 heteroatoms. The molecule has 0 amide bonds. The summed E-state index contributed by atoms with van der Waals surface area (Å²) >= 11 is 0. The van der Waals surface area contributed by atoms with E-state index < -0.39 is 5.97 Å². The monoisotopic (exact) mass is 362 g/mol. The number of nitrogens with two attached hydrogens (primary N) is 1. The fourth-order valence-corrected chi connectivity index (χ4v) is 2.97. The number of carbonyl (C=O) groups is 1. The van der Waals surface area contributed by atoms with Crippen molar-refractivity contribution in [1.29, 1.82) is 0 Å². The van der Waals surface area contributed by atoms with Crippen LogP contribution in [0.15, 0.2) is 60.7 Å². The first kappa shape index (κ1) is 18.6. The second-order valence-electron chi connectivity index (χ2n) is 6.07. The standard InChI is InChI=1S/C22H22N2O3/c1-15-18(16-7-4-3-5-8-16)9-6-10-19(15)20-12-11-17(22(24-20)26-2)14-27-21(25)13-23/h3-12H,13-14,23H2,1-2H3. The number of rotatable bonds is 6. The van der Waals surface area contributed by atoms with E-state index in [1.807, 2.05) is 42.5 Å². The Morgan fingerprint density at radius 3 is 2.44 bits per heavy atom. The molecule has 0 saturated carbocycles. The molecule has 3 rings (SSSR count). The van der Waals surface area contributed by atoms with Crippen LogP contribution in [0.5, 0.6) is 5.88 Å². The second kappa shape index (κ2) is 8.47. The van der Waals surface area contributed by atoms with Crippen molar-refractivity contribution in [2.45, 2.75) is 13.5 Å². The van der Waals surface area contributed by atoms with Gasteiger partial charge in [-0.1, -0.05) is 48.5 Å². The van der Waals surface area contributed by atoms with E-state index >= 15 is 0 Å². The summed E-state index contributed by atoms with van der Waals surface area (Å²) in [6, 6.07) is 20.2. The highest BCUT2D eigenvalue weighted by molar-refractivity contribution is 5.77. The highest BCUT2D eigenvalue weighted by atomic mass is 16.5. The Hall–Kier alpha value is -3.18. The molecule has 1 heterocycles. The molecule has 27 heavy (non-hydrogen) atoms. The first-order valence-electron chi connectivity index (χ1n) is 8.69. The first-order chi connectivity index (χ1) is 13.1. The zero-order valence-electron chi connectivity index (χ0n) is 15.4. The molecule has 2 aromatic carbocycles. The van der Waals surface area contributed by atoms with Crippen LogP contribution in [0.4, 0.5) is 0 Å². The van der Waals surface area contributed by atoms with Crippen LogP contribution in [0, 0.1) is 6.92 Å². The molecule has 0 saturated heterocycles. The van der Waals surface area contributed by atoms with Gasteiger partial charge in [0.05, 0.1) is 24.9 Å². The lowest BCUT2D eigenvalue weighted by molar-refractivity contribution is -0.143. The van der Waals surface area contributed by atoms with Gasteiger partial charge in [0.25, 0.3) is 0 Å². The van der Waals surface area contributed by atoms with Gasteiger partial charge in [-0.05, 0) is 35.7 Å². The zero-order chi connectivity index (χ0) is 19.2. The summed E-state index contributed by atoms with van der Waals surface area (Å²) in [5, 5.41) is 0. The molecule has 0 bridgehead atoms. The smallest absolute Gasteiger partial charge is 0.320 e. The maximum atomic E-state index is 11.3. The van der Waals surface area contributed by atoms with E-state index in [1.54, 1.807) is 7.11 Å². The number of pyridine rings is 1. The number of nitrogens with zero attached hydrogens (tertiary/aromatic N) is 1. The van der Waals surface area contributed by atoms with Gasteiger partial charge in [0.2, 0.25) is 5.88 Å². The molecule has 2 N–H and O–H groups in total. The predicted molar refractivity (Wildman–Crippen MR) is 105 cm³/mol. The first-order valence-corrected chi connectivity index (χ1v) is 8.69. The summed E-state index contributed by atoms with van der Waals surface area (Å²) in [6.07, 6.45) is 0. The molecule has 138 valence electrons. The van der Waals surface area contributed by atoms with Crippen LogP contribution in [-0.2, 0) is 16.1 Å². The predicted octanol–water partition coefficient (Wildman–Crippen LogP) is 3.73. The van der Waals surface area contributed by atoms with Crippen LogP contribution < -0.4 is 10.5 Å². The van der Waals surface area contributed by atoms with Gasteiger partial charge in [-0.25, -0.2) is 4.98 Å². The van der Waals surface area contributed by atoms with Crippen LogP contribution in [0.25, 0.3) is 22.4 Å². The third kappa shape index (κ3) is 4.15. The molecular weight excluding hydrogens is 340 g/mol. The lowest BCUT2D eigenvalue weighted by Crippen LogP contribution is -2.16. The molecule has 0 aliphatic rings. The highest BCUT2D eigenvalue weighted by Crippen LogP contribution is 2.32. The summed E-state index contributed by atoms with van der Waals surface area (Å²) in [5.41, 5.74) is 11.3. The highest BCUT2D eigenvalue weighted by Gasteiger charge is 2.13. The molecule has 0 fully saturated rings. The minimum Gasteiger partial charge on any atom is -0.481 e. The van der Waals surface area contributed by atoms with Gasteiger partial charge in [-0.3, -0.25) is 4.79 Å². The van der Waals surface area contributed by atoms with Gasteiger partial charge >= 0.3 is 5.97 Å². The van der Waals surface area contributed by atoms with Crippen molar-refractivity contribution in [2.75, 3.05) is 13.7 Å². The van der Waals surface area contributed by atoms with E-state index in [0.717, 1.165) is 27.9 Å². The Morgan fingerprint density at radius 2 is 1.74 bits per heavy atom. The zero-order valence-corrected chi connectivity index (χ0v) is 15.4. The van der Waals surface area contributed by atoms with Crippen molar-refractivity contribution in [2.24, 2.45) is 5.73 Å². The fraction of sp³-hybridized carbons (Fsp3) is 0.182. The summed E-state index contributed by atoms with van der Waals surface area (Å²) in [5.74, 6) is -0.0330. The maximum Gasteiger partial charge on any atom is 0.320 e. The average Bonchev–Trinajstić information content (AvgIpc) is 2.72. The van der Waals surface area contributed by atoms with E-state index in [0.29, 0.717) is 11.4 Å². The van der Waals surface area contributed by atoms with E-state index in [9.17, 15) is 4.79 Å². The molecule has 3 aromatic rings. The van der Waals surface area contributed by atoms with Crippen molar-refractivity contribution in [3.63, 3.8) is 0 Å². The second-order valence-corrected chi connectivity index (χ2v) is 6.07. The largest absolute Gasteiger partial charge is 0.481 e. The molecule has 0 radical (unpaired) electrons. The number of carbonyl (C=O) groups excluding carboxylic acids is 1. The van der Waals surface area contributed by atoms with Gasteiger partial charge in [0.15, 0.2) is 0 Å². The number of ether oxygens (including phenoxy) is 2. The molecule has 0 aliphatic heterocycles. The van der Waals surface area contributed by atoms with Crippen LogP contribution in [-0.4, -0.2) is 24.6 Å². The number of benzene rings is 2. The van der Waals surface area contributed by atoms with Crippen molar-refractivity contribution in [1.82, 2.24) is 4.98 Å². The van der Waals surface area contributed by atoms with Gasteiger partial charge in [0, 0.05) is 5.56 Å². The number of methoxy groups -OCH3 is 1. The van der Waals surface area contributed by atoms with E-state index in [4.69, 9.17) is 15.2 Å². The van der Waals surface area contributed by atoms with Gasteiger partial charge in [0.1, 0.15) is 6.61 Å². The SMILES string of the molecule is COc1nc(-c2cccc(-c3ccccc3)c2C)ccc1COC(=O)CN. The number of hydrogen-bond donors (Lipinski definition) is 1. The molecular formula is C22H22N2O3. The number of esters is 1. The quantitative estimate of drug-likeness (QED) is 0.676. The van der Waals surface area contributed by atoms with Gasteiger partial charge < -0.3 is 15.2 Å². The average molecular weight is 362 g/mol. The molecule has 0 unspecified atom stereocenters. The van der Waals surface area contributed by atoms with Crippen LogP contribution in [0.1, 0.15) is 11.1 Å². The number of hydrogen-bond acceptors (Lipinski definition) is 5. The van der Waals surface area contributed by atoms with E-state index in [-0.39, 0.29) is 13.2 Å². The molecule has 5 nitrogen and oxygen atoms in total. The Balaban J connectivity index is 1.96. The molecule has 1 aromatic heterocycles. The third-order valence-corrected chi connectivity index (χ3v) is 4.38. The summed E-state index contributed by atoms with van der Waals surface area (Å²) < 4.78 is 10.5. The van der Waals surface area contributed by atoms with Crippen molar-refractivity contribution >= 4 is 5.97 Å². The van der Waals surface area contributed by atoms with Crippen molar-refractivity contribution in [3.8, 4) is 28.3 Å². The van der Waals surface area contributed by atoms with Crippen LogP contribution >= 0.6 is 0 Å². The van der Waals surface area contributed by atoms with E-state index in [1.165, 1.54) is 0 Å². The van der Waals surface area contributed by atoms with Gasteiger partial charge in [-0.15, -0.1) is 0 Å². The lowest BCUT2D eigenvalue weighted by Gasteiger charge is -2.14. The lowest BCUT2D eigenvalue weighted by atomic mass is 9.95. The molecule has 0 aliphatic carbocycles. The summed E-state index contributed by atoms with van der Waals surface area (Å²) in [7, 11) is 1.55. The Kier molecular flexibility index (Phi) is 5.84. The normalized spacial score (nSPS) is 10.5. The van der Waals surface area contributed by atoms with Crippen LogP contribution in [0.3, 0.4) is 0 Å². The maximum absolute atomic E-state index is 11.3. The van der Waals surface area contributed by atoms with Crippen LogP contribution in [0.2, 0.25) is 0 Å². The Labute approximate surface area is 158 Å². The fourth-order valence-electron chi connectivity index (χ4n) is 2.97. The molecule has 0 spiro atoms. The molecule has 0 atom stereocenters. The van der Waals surface area contributed by atoms with E-state index in [2.05, 4.69) is 30.1 Å². The van der Waals surface area contributed by atoms with Gasteiger partial charge in [-0.2, -0.15) is 0 Å².